The van der Waals surface area contributed by atoms with Crippen LogP contribution in [0.3, 0.4) is 0 Å². The van der Waals surface area contributed by atoms with E-state index in [9.17, 15) is 0 Å². The smallest absolute Gasteiger partial charge is 0.164 e. The molecule has 2 aromatic heterocycles. The summed E-state index contributed by atoms with van der Waals surface area (Å²) in [5.41, 5.74) is 8.25. The number of hydrogen-bond acceptors (Lipinski definition) is 4. The Kier molecular flexibility index (Phi) is 5.34. The molecule has 7 aromatic carbocycles. The summed E-state index contributed by atoms with van der Waals surface area (Å²) in [6.45, 7) is 4.60. The van der Waals surface area contributed by atoms with E-state index in [2.05, 4.69) is 80.6 Å². The lowest BCUT2D eigenvalue weighted by Gasteiger charge is -2.23. The van der Waals surface area contributed by atoms with Gasteiger partial charge >= 0.3 is 0 Å². The van der Waals surface area contributed by atoms with E-state index < -0.39 is 18.1 Å². The third kappa shape index (κ3) is 4.32. The quantitative estimate of drug-likeness (QED) is 0.188. The predicted octanol–water partition coefficient (Wildman–Crippen LogP) is 12.4. The highest BCUT2D eigenvalue weighted by Gasteiger charge is 2.39. The Labute approximate surface area is 301 Å². The fourth-order valence-electron chi connectivity index (χ4n) is 7.75. The average molecular weight is 663 g/mol. The highest BCUT2D eigenvalue weighted by atomic mass is 32.1. The molecule has 1 aliphatic rings. The van der Waals surface area contributed by atoms with Crippen LogP contribution in [0.25, 0.3) is 87.4 Å². The molecule has 236 valence electrons. The van der Waals surface area contributed by atoms with Crippen molar-refractivity contribution in [3.63, 3.8) is 0 Å². The molecule has 0 unspecified atom stereocenters. The van der Waals surface area contributed by atoms with Crippen LogP contribution in [0.15, 0.2) is 152 Å². The Morgan fingerprint density at radius 2 is 1.14 bits per heavy atom. The van der Waals surface area contributed by atoms with Crippen LogP contribution in [0.1, 0.15) is 31.8 Å². The Morgan fingerprint density at radius 1 is 0.520 bits per heavy atom. The number of rotatable bonds is 4. The number of fused-ring (bicyclic) bond motifs is 10. The molecule has 4 heteroatoms. The molecule has 0 saturated carbocycles. The summed E-state index contributed by atoms with van der Waals surface area (Å²) in [7, 11) is 0. The fourth-order valence-corrected chi connectivity index (χ4v) is 9.02. The van der Waals surface area contributed by atoms with Crippen LogP contribution in [0, 0.1) is 0 Å². The summed E-state index contributed by atoms with van der Waals surface area (Å²) in [5.74, 6) is 0.718. The molecule has 9 aromatic rings. The minimum Gasteiger partial charge on any atom is -0.208 e. The summed E-state index contributed by atoms with van der Waals surface area (Å²) in [6.07, 6.45) is 0. The molecule has 10 rings (SSSR count). The average Bonchev–Trinajstić information content (AvgIpc) is 3.72. The molecule has 0 saturated heterocycles. The number of thiophene rings is 1. The second-order valence-corrected chi connectivity index (χ2v) is 14.3. The van der Waals surface area contributed by atoms with Gasteiger partial charge in [-0.2, -0.15) is 0 Å². The number of nitrogens with zero attached hydrogens (tertiary/aromatic N) is 3. The minimum atomic E-state index is -0.469. The van der Waals surface area contributed by atoms with Crippen LogP contribution in [0.2, 0.25) is 0 Å². The van der Waals surface area contributed by atoms with Crippen LogP contribution < -0.4 is 0 Å². The second-order valence-electron chi connectivity index (χ2n) is 13.2. The van der Waals surface area contributed by atoms with Crippen molar-refractivity contribution < 1.29 is 6.85 Å². The van der Waals surface area contributed by atoms with Crippen molar-refractivity contribution in [2.24, 2.45) is 0 Å². The maximum absolute atomic E-state index is 8.86. The van der Waals surface area contributed by atoms with Crippen LogP contribution in [0.4, 0.5) is 0 Å². The van der Waals surface area contributed by atoms with Crippen LogP contribution >= 0.6 is 11.3 Å². The standard InChI is InChI=1S/C46H31N3S/c1-46(2)36-22-12-11-20-34(36)38-32-18-9-10-19-33(32)42-40(41(38)46)39-35(21-13-23-37(39)50-42)45-48-43(30-16-7-4-8-17-30)47-44(49-45)31-26-24-29(25-27-31)28-14-5-3-6-15-28/h3-27H,1-2H3/i4D,7D,8D,16D,17D. The number of hydrogen-bond donors (Lipinski definition) is 0. The first kappa shape index (κ1) is 24.2. The number of aromatic nitrogens is 3. The minimum absolute atomic E-state index is 0.0177. The van der Waals surface area contributed by atoms with Gasteiger partial charge < -0.3 is 0 Å². The van der Waals surface area contributed by atoms with E-state index in [4.69, 9.17) is 21.8 Å². The van der Waals surface area contributed by atoms with E-state index in [0.29, 0.717) is 17.2 Å². The van der Waals surface area contributed by atoms with Gasteiger partial charge in [-0.25, -0.2) is 15.0 Å². The van der Waals surface area contributed by atoms with Gasteiger partial charge in [-0.05, 0) is 44.8 Å². The normalized spacial score (nSPS) is 14.6. The first-order chi connectivity index (χ1) is 26.6. The second kappa shape index (κ2) is 11.0. The van der Waals surface area contributed by atoms with Gasteiger partial charge in [0.15, 0.2) is 17.5 Å². The third-order valence-electron chi connectivity index (χ3n) is 10.0. The Balaban J connectivity index is 1.29. The van der Waals surface area contributed by atoms with Gasteiger partial charge in [-0.15, -0.1) is 11.3 Å². The van der Waals surface area contributed by atoms with E-state index in [1.54, 1.807) is 11.3 Å². The van der Waals surface area contributed by atoms with Gasteiger partial charge in [0.2, 0.25) is 0 Å². The largest absolute Gasteiger partial charge is 0.208 e. The van der Waals surface area contributed by atoms with E-state index in [-0.39, 0.29) is 28.9 Å². The Morgan fingerprint density at radius 3 is 1.94 bits per heavy atom. The van der Waals surface area contributed by atoms with Gasteiger partial charge in [0, 0.05) is 47.7 Å². The molecule has 0 N–H and O–H groups in total. The van der Waals surface area contributed by atoms with Gasteiger partial charge in [0.1, 0.15) is 0 Å². The molecule has 0 aliphatic heterocycles. The van der Waals surface area contributed by atoms with Gasteiger partial charge in [-0.3, -0.25) is 0 Å². The molecule has 50 heavy (non-hydrogen) atoms. The summed E-state index contributed by atoms with van der Waals surface area (Å²) in [4.78, 5) is 14.9. The van der Waals surface area contributed by atoms with E-state index in [0.717, 1.165) is 32.2 Å². The van der Waals surface area contributed by atoms with Crippen LogP contribution in [0.5, 0.6) is 0 Å². The third-order valence-corrected chi connectivity index (χ3v) is 11.2. The molecule has 0 bridgehead atoms. The van der Waals surface area contributed by atoms with Crippen molar-refractivity contribution in [2.75, 3.05) is 0 Å². The van der Waals surface area contributed by atoms with Crippen LogP contribution in [-0.2, 0) is 5.41 Å². The lowest BCUT2D eigenvalue weighted by Crippen LogP contribution is -2.15. The molecule has 2 heterocycles. The van der Waals surface area contributed by atoms with Crippen molar-refractivity contribution in [3.8, 4) is 56.4 Å². The summed E-state index contributed by atoms with van der Waals surface area (Å²) >= 11 is 1.75. The maximum Gasteiger partial charge on any atom is 0.164 e. The highest BCUT2D eigenvalue weighted by Crippen LogP contribution is 2.57. The topological polar surface area (TPSA) is 38.7 Å². The van der Waals surface area contributed by atoms with Crippen molar-refractivity contribution in [1.82, 2.24) is 15.0 Å². The van der Waals surface area contributed by atoms with Crippen molar-refractivity contribution >= 4 is 42.3 Å². The maximum atomic E-state index is 8.86. The van der Waals surface area contributed by atoms with Gasteiger partial charge in [0.05, 0.1) is 6.85 Å². The molecule has 0 amide bonds. The van der Waals surface area contributed by atoms with E-state index >= 15 is 0 Å². The van der Waals surface area contributed by atoms with E-state index in [1.807, 2.05) is 54.6 Å². The molecular formula is C46H31N3S. The first-order valence-corrected chi connectivity index (χ1v) is 17.4. The first-order valence-electron chi connectivity index (χ1n) is 19.1. The lowest BCUT2D eigenvalue weighted by atomic mass is 9.79. The zero-order valence-corrected chi connectivity index (χ0v) is 28.1. The molecular weight excluding hydrogens is 627 g/mol. The Hall–Kier alpha value is -5.97. The predicted molar refractivity (Wildman–Crippen MR) is 210 cm³/mol. The van der Waals surface area contributed by atoms with Crippen molar-refractivity contribution in [2.45, 2.75) is 19.3 Å². The highest BCUT2D eigenvalue weighted by molar-refractivity contribution is 7.26. The van der Waals surface area contributed by atoms with E-state index in [1.165, 1.54) is 37.7 Å². The monoisotopic (exact) mass is 662 g/mol. The summed E-state index contributed by atoms with van der Waals surface area (Å²) < 4.78 is 45.1. The zero-order valence-electron chi connectivity index (χ0n) is 32.3. The summed E-state index contributed by atoms with van der Waals surface area (Å²) in [6, 6.07) is 39.4. The van der Waals surface area contributed by atoms with Gasteiger partial charge in [-0.1, -0.05) is 159 Å². The zero-order chi connectivity index (χ0) is 37.7. The molecule has 0 radical (unpaired) electrons. The summed E-state index contributed by atoms with van der Waals surface area (Å²) in [5, 5.41) is 4.59. The molecule has 3 nitrogen and oxygen atoms in total. The fraction of sp³-hybridized carbons (Fsp3) is 0.0652. The molecule has 0 atom stereocenters. The molecule has 1 aliphatic carbocycles. The molecule has 0 fully saturated rings. The van der Waals surface area contributed by atoms with Gasteiger partial charge in [0.25, 0.3) is 0 Å². The lowest BCUT2D eigenvalue weighted by molar-refractivity contribution is 0.667. The van der Waals surface area contributed by atoms with Crippen molar-refractivity contribution in [1.29, 1.82) is 0 Å². The van der Waals surface area contributed by atoms with Crippen LogP contribution in [-0.4, -0.2) is 15.0 Å². The van der Waals surface area contributed by atoms with Crippen molar-refractivity contribution in [3.05, 3.63) is 163 Å². The SMILES string of the molecule is [2H]c1c([2H])c([2H])c(-c2nc(-c3ccc(-c4ccccc4)cc3)nc(-c3cccc4sc5c6ccccc6c6c(c5c34)C(C)(C)c3ccccc3-6)n2)c([2H])c1[2H]. The Bertz CT molecular complexity index is 3040. The number of benzene rings is 7. The molecule has 0 spiro atoms.